The number of nitrogens with two attached hydrogens (primary N) is 2. The molecule has 122 valence electrons. The maximum Gasteiger partial charge on any atom is 0.332 e. The van der Waals surface area contributed by atoms with Crippen molar-refractivity contribution >= 4 is 23.5 Å². The molecule has 8 heteroatoms. The van der Waals surface area contributed by atoms with E-state index in [-0.39, 0.29) is 0 Å². The second-order valence-corrected chi connectivity index (χ2v) is 4.60. The molecule has 2 aromatic carbocycles. The normalized spacial score (nSPS) is 11.7. The molecule has 2 aromatic rings. The topological polar surface area (TPSA) is 135 Å². The number of primary amides is 2. The maximum absolute atomic E-state index is 11.0. The Hall–Kier alpha value is -3.68. The zero-order valence-electron chi connectivity index (χ0n) is 12.6. The quantitative estimate of drug-likeness (QED) is 0.484. The van der Waals surface area contributed by atoms with Gasteiger partial charge in [0.15, 0.2) is 0 Å². The molecular formula is C16H16N6O2. The van der Waals surface area contributed by atoms with E-state index in [1.165, 1.54) is 0 Å². The Balaban J connectivity index is 2.56. The molecule has 0 radical (unpaired) electrons. The smallest absolute Gasteiger partial charge is 0.332 e. The fourth-order valence-electron chi connectivity index (χ4n) is 1.92. The molecule has 0 unspecified atom stereocenters. The second-order valence-electron chi connectivity index (χ2n) is 4.60. The van der Waals surface area contributed by atoms with Crippen molar-refractivity contribution in [2.24, 2.45) is 21.7 Å². The number of hydrogen-bond acceptors (Lipinski definition) is 4. The van der Waals surface area contributed by atoms with E-state index < -0.39 is 12.1 Å². The molecule has 0 spiro atoms. The highest BCUT2D eigenvalue weighted by Gasteiger charge is 2.15. The average molecular weight is 324 g/mol. The van der Waals surface area contributed by atoms with Crippen molar-refractivity contribution in [2.45, 2.75) is 0 Å². The van der Waals surface area contributed by atoms with E-state index in [0.717, 1.165) is 0 Å². The number of hydrazone groups is 2. The largest absolute Gasteiger partial charge is 0.350 e. The number of carbonyl (C=O) groups is 2. The summed E-state index contributed by atoms with van der Waals surface area (Å²) in [5, 5.41) is 8.03. The summed E-state index contributed by atoms with van der Waals surface area (Å²) < 4.78 is 0. The number of rotatable bonds is 5. The number of carbonyl (C=O) groups excluding carboxylic acids is 2. The molecule has 0 bridgehead atoms. The summed E-state index contributed by atoms with van der Waals surface area (Å²) in [6.07, 6.45) is 0. The number of nitrogens with zero attached hydrogens (tertiary/aromatic N) is 2. The fraction of sp³-hybridized carbons (Fsp3) is 0. The van der Waals surface area contributed by atoms with Crippen LogP contribution in [0.4, 0.5) is 9.59 Å². The van der Waals surface area contributed by atoms with Crippen molar-refractivity contribution in [1.82, 2.24) is 10.9 Å². The highest BCUT2D eigenvalue weighted by molar-refractivity contribution is 6.53. The van der Waals surface area contributed by atoms with E-state index in [1.54, 1.807) is 48.5 Å². The van der Waals surface area contributed by atoms with E-state index in [2.05, 4.69) is 21.1 Å². The third-order valence-electron chi connectivity index (χ3n) is 2.87. The van der Waals surface area contributed by atoms with Crippen LogP contribution >= 0.6 is 0 Å². The van der Waals surface area contributed by atoms with Crippen molar-refractivity contribution in [2.75, 3.05) is 0 Å². The first kappa shape index (κ1) is 16.7. The predicted molar refractivity (Wildman–Crippen MR) is 91.4 cm³/mol. The molecule has 0 saturated heterocycles. The number of amides is 4. The summed E-state index contributed by atoms with van der Waals surface area (Å²) in [5.74, 6) is 0. The van der Waals surface area contributed by atoms with Crippen LogP contribution < -0.4 is 22.3 Å². The minimum atomic E-state index is -0.821. The average Bonchev–Trinajstić information content (AvgIpc) is 2.59. The van der Waals surface area contributed by atoms with Crippen molar-refractivity contribution in [3.8, 4) is 0 Å². The van der Waals surface area contributed by atoms with Gasteiger partial charge in [0.25, 0.3) is 0 Å². The van der Waals surface area contributed by atoms with Gasteiger partial charge in [0.05, 0.1) is 0 Å². The third-order valence-corrected chi connectivity index (χ3v) is 2.87. The zero-order chi connectivity index (χ0) is 17.4. The standard InChI is InChI=1S/C16H16N6O2/c17-15(23)21-19-13(11-7-3-1-4-8-11)14(20-22-16(18)24)12-9-5-2-6-10-12/h1-10H,(H3,17,21,23)(H3,18,22,24)/b19-13-,20-14-. The lowest BCUT2D eigenvalue weighted by Gasteiger charge is -2.11. The lowest BCUT2D eigenvalue weighted by Crippen LogP contribution is -2.31. The van der Waals surface area contributed by atoms with Gasteiger partial charge in [-0.1, -0.05) is 60.7 Å². The van der Waals surface area contributed by atoms with Crippen molar-refractivity contribution < 1.29 is 9.59 Å². The minimum absolute atomic E-state index is 0.314. The first-order valence-corrected chi connectivity index (χ1v) is 6.95. The minimum Gasteiger partial charge on any atom is -0.350 e. The second kappa shape index (κ2) is 8.08. The van der Waals surface area contributed by atoms with Crippen molar-refractivity contribution in [1.29, 1.82) is 0 Å². The lowest BCUT2D eigenvalue weighted by atomic mass is 10.00. The van der Waals surface area contributed by atoms with E-state index in [4.69, 9.17) is 11.5 Å². The zero-order valence-corrected chi connectivity index (χ0v) is 12.6. The van der Waals surface area contributed by atoms with E-state index >= 15 is 0 Å². The van der Waals surface area contributed by atoms with Crippen LogP contribution in [-0.4, -0.2) is 23.5 Å². The molecule has 6 N–H and O–H groups in total. The van der Waals surface area contributed by atoms with Crippen LogP contribution in [0.25, 0.3) is 0 Å². The molecule has 0 atom stereocenters. The van der Waals surface area contributed by atoms with Crippen LogP contribution in [-0.2, 0) is 0 Å². The number of nitrogens with one attached hydrogen (secondary N) is 2. The van der Waals surface area contributed by atoms with E-state index in [1.807, 2.05) is 12.1 Å². The van der Waals surface area contributed by atoms with Crippen LogP contribution in [0.2, 0.25) is 0 Å². The summed E-state index contributed by atoms with van der Waals surface area (Å²) in [7, 11) is 0. The molecule has 0 aliphatic rings. The Morgan fingerprint density at radius 2 is 1.00 bits per heavy atom. The number of urea groups is 2. The molecule has 24 heavy (non-hydrogen) atoms. The Bertz CT molecular complexity index is 704. The number of benzene rings is 2. The van der Waals surface area contributed by atoms with Crippen LogP contribution in [0.15, 0.2) is 70.9 Å². The van der Waals surface area contributed by atoms with Gasteiger partial charge in [-0.25, -0.2) is 20.4 Å². The fourth-order valence-corrected chi connectivity index (χ4v) is 1.92. The molecule has 0 aliphatic carbocycles. The van der Waals surface area contributed by atoms with Gasteiger partial charge in [0.2, 0.25) is 0 Å². The van der Waals surface area contributed by atoms with Crippen LogP contribution in [0.1, 0.15) is 11.1 Å². The van der Waals surface area contributed by atoms with Gasteiger partial charge in [-0.3, -0.25) is 0 Å². The Labute approximate surface area is 138 Å². The van der Waals surface area contributed by atoms with E-state index in [9.17, 15) is 9.59 Å². The van der Waals surface area contributed by atoms with Gasteiger partial charge in [0.1, 0.15) is 11.4 Å². The highest BCUT2D eigenvalue weighted by Crippen LogP contribution is 2.10. The molecule has 4 amide bonds. The maximum atomic E-state index is 11.0. The summed E-state index contributed by atoms with van der Waals surface area (Å²) in [4.78, 5) is 22.1. The first-order chi connectivity index (χ1) is 11.6. The van der Waals surface area contributed by atoms with Gasteiger partial charge in [-0.2, -0.15) is 10.2 Å². The Morgan fingerprint density at radius 1 is 0.667 bits per heavy atom. The monoisotopic (exact) mass is 324 g/mol. The summed E-state index contributed by atoms with van der Waals surface area (Å²) >= 11 is 0. The van der Waals surface area contributed by atoms with Gasteiger partial charge in [-0.05, 0) is 0 Å². The molecule has 8 nitrogen and oxygen atoms in total. The van der Waals surface area contributed by atoms with Gasteiger partial charge >= 0.3 is 12.1 Å². The third kappa shape index (κ3) is 4.67. The summed E-state index contributed by atoms with van der Waals surface area (Å²) in [6, 6.07) is 16.4. The van der Waals surface area contributed by atoms with Crippen LogP contribution in [0.5, 0.6) is 0 Å². The van der Waals surface area contributed by atoms with Gasteiger partial charge < -0.3 is 11.5 Å². The molecule has 0 heterocycles. The van der Waals surface area contributed by atoms with Crippen molar-refractivity contribution in [3.05, 3.63) is 71.8 Å². The summed E-state index contributed by atoms with van der Waals surface area (Å²) in [6.45, 7) is 0. The Morgan fingerprint density at radius 3 is 1.29 bits per heavy atom. The van der Waals surface area contributed by atoms with Crippen LogP contribution in [0, 0.1) is 0 Å². The molecule has 0 aromatic heterocycles. The van der Waals surface area contributed by atoms with Gasteiger partial charge in [-0.15, -0.1) is 0 Å². The van der Waals surface area contributed by atoms with Crippen LogP contribution in [0.3, 0.4) is 0 Å². The summed E-state index contributed by atoms with van der Waals surface area (Å²) in [5.41, 5.74) is 16.5. The lowest BCUT2D eigenvalue weighted by molar-refractivity contribution is 0.248. The SMILES string of the molecule is NC(=O)N/N=C(\C(=N/NC(N)=O)c1ccccc1)c1ccccc1. The molecule has 0 fully saturated rings. The predicted octanol–water partition coefficient (Wildman–Crippen LogP) is 1.13. The first-order valence-electron chi connectivity index (χ1n) is 6.95. The molecular weight excluding hydrogens is 308 g/mol. The molecule has 0 saturated carbocycles. The molecule has 2 rings (SSSR count). The van der Waals surface area contributed by atoms with Gasteiger partial charge in [0, 0.05) is 11.1 Å². The van der Waals surface area contributed by atoms with Crippen molar-refractivity contribution in [3.63, 3.8) is 0 Å². The number of hydrogen-bond donors (Lipinski definition) is 4. The Kier molecular flexibility index (Phi) is 5.62. The van der Waals surface area contributed by atoms with E-state index in [0.29, 0.717) is 22.6 Å². The highest BCUT2D eigenvalue weighted by atomic mass is 16.2. The molecule has 0 aliphatic heterocycles.